The van der Waals surface area contributed by atoms with Gasteiger partial charge in [0, 0.05) is 30.6 Å². The van der Waals surface area contributed by atoms with Gasteiger partial charge in [0.1, 0.15) is 24.1 Å². The van der Waals surface area contributed by atoms with E-state index in [1.165, 1.54) is 0 Å². The molecule has 0 unspecified atom stereocenters. The molecule has 5 rings (SSSR count). The first-order valence-corrected chi connectivity index (χ1v) is 11.9. The highest BCUT2D eigenvalue weighted by molar-refractivity contribution is 5.70. The van der Waals surface area contributed by atoms with E-state index in [9.17, 15) is 9.59 Å². The number of ether oxygens (including phenoxy) is 3. The Kier molecular flexibility index (Phi) is 5.66. The van der Waals surface area contributed by atoms with E-state index >= 15 is 0 Å². The van der Waals surface area contributed by atoms with Crippen LogP contribution in [0.2, 0.25) is 0 Å². The van der Waals surface area contributed by atoms with Crippen LogP contribution in [0.5, 0.6) is 5.75 Å². The van der Waals surface area contributed by atoms with Crippen molar-refractivity contribution in [2.45, 2.75) is 65.0 Å². The van der Waals surface area contributed by atoms with Gasteiger partial charge in [-0.1, -0.05) is 42.5 Å². The summed E-state index contributed by atoms with van der Waals surface area (Å²) in [4.78, 5) is 28.3. The maximum Gasteiger partial charge on any atom is 0.410 e. The van der Waals surface area contributed by atoms with Crippen LogP contribution in [0.15, 0.2) is 48.5 Å². The van der Waals surface area contributed by atoms with Gasteiger partial charge in [-0.25, -0.2) is 9.59 Å². The molecule has 7 heteroatoms. The molecule has 1 aliphatic carbocycles. The summed E-state index contributed by atoms with van der Waals surface area (Å²) in [6.07, 6.45) is 1.43. The maximum atomic E-state index is 12.5. The summed E-state index contributed by atoms with van der Waals surface area (Å²) in [5.74, 6) is 0.849. The standard InChI is InChI=1S/C27H32N2O5/c1-26(2,3)34-25(31)28-14-20-10-7-11-23(22(20)15-28)33-21-12-27(13-21)17-29(18-27)24(30)32-16-19-8-5-4-6-9-19/h4-11,21H,12-18H2,1-3H3. The van der Waals surface area contributed by atoms with Gasteiger partial charge in [0.15, 0.2) is 0 Å². The summed E-state index contributed by atoms with van der Waals surface area (Å²) < 4.78 is 17.3. The van der Waals surface area contributed by atoms with Crippen molar-refractivity contribution in [3.05, 3.63) is 65.2 Å². The molecule has 1 saturated carbocycles. The quantitative estimate of drug-likeness (QED) is 0.628. The van der Waals surface area contributed by atoms with Crippen LogP contribution in [-0.2, 0) is 29.2 Å². The molecule has 2 amide bonds. The third-order valence-electron chi connectivity index (χ3n) is 6.72. The van der Waals surface area contributed by atoms with Crippen LogP contribution in [0.3, 0.4) is 0 Å². The van der Waals surface area contributed by atoms with E-state index in [-0.39, 0.29) is 23.7 Å². The highest BCUT2D eigenvalue weighted by Gasteiger charge is 2.55. The molecule has 7 nitrogen and oxygen atoms in total. The highest BCUT2D eigenvalue weighted by atomic mass is 16.6. The Labute approximate surface area is 200 Å². The Bertz CT molecular complexity index is 1060. The second kappa shape index (κ2) is 8.53. The molecule has 0 bridgehead atoms. The van der Waals surface area contributed by atoms with E-state index in [0.717, 1.165) is 48.4 Å². The molecule has 34 heavy (non-hydrogen) atoms. The SMILES string of the molecule is CC(C)(C)OC(=O)N1Cc2cccc(OC3CC4(C3)CN(C(=O)OCc3ccccc3)C4)c2C1. The van der Waals surface area contributed by atoms with Crippen molar-refractivity contribution in [3.63, 3.8) is 0 Å². The molecule has 2 heterocycles. The number of carbonyl (C=O) groups is 2. The molecule has 180 valence electrons. The Morgan fingerprint density at radius 1 is 0.941 bits per heavy atom. The van der Waals surface area contributed by atoms with E-state index in [1.807, 2.05) is 69.3 Å². The Morgan fingerprint density at radius 3 is 2.38 bits per heavy atom. The molecule has 1 saturated heterocycles. The monoisotopic (exact) mass is 464 g/mol. The maximum absolute atomic E-state index is 12.5. The molecule has 0 aromatic heterocycles. The molecular formula is C27H32N2O5. The predicted molar refractivity (Wildman–Crippen MR) is 126 cm³/mol. The van der Waals surface area contributed by atoms with Crippen LogP contribution in [0.25, 0.3) is 0 Å². The largest absolute Gasteiger partial charge is 0.490 e. The van der Waals surface area contributed by atoms with Gasteiger partial charge in [0.25, 0.3) is 0 Å². The third-order valence-corrected chi connectivity index (χ3v) is 6.72. The van der Waals surface area contributed by atoms with Crippen molar-refractivity contribution in [1.29, 1.82) is 0 Å². The van der Waals surface area contributed by atoms with Crippen molar-refractivity contribution < 1.29 is 23.8 Å². The summed E-state index contributed by atoms with van der Waals surface area (Å²) in [6.45, 7) is 8.41. The molecule has 2 aromatic rings. The zero-order valence-corrected chi connectivity index (χ0v) is 20.1. The summed E-state index contributed by atoms with van der Waals surface area (Å²) in [5.41, 5.74) is 2.79. The van der Waals surface area contributed by atoms with Crippen molar-refractivity contribution >= 4 is 12.2 Å². The average molecular weight is 465 g/mol. The average Bonchev–Trinajstić information content (AvgIpc) is 3.18. The molecule has 2 fully saturated rings. The number of fused-ring (bicyclic) bond motifs is 1. The van der Waals surface area contributed by atoms with Gasteiger partial charge in [-0.15, -0.1) is 0 Å². The molecule has 0 atom stereocenters. The summed E-state index contributed by atoms with van der Waals surface area (Å²) in [7, 11) is 0. The van der Waals surface area contributed by atoms with Gasteiger partial charge in [-0.2, -0.15) is 0 Å². The second-order valence-electron chi connectivity index (χ2n) is 10.8. The molecular weight excluding hydrogens is 432 g/mol. The fraction of sp³-hybridized carbons (Fsp3) is 0.481. The lowest BCUT2D eigenvalue weighted by molar-refractivity contribution is -0.110. The lowest BCUT2D eigenvalue weighted by atomic mass is 9.62. The summed E-state index contributed by atoms with van der Waals surface area (Å²) in [6, 6.07) is 15.7. The number of amides is 2. The van der Waals surface area contributed by atoms with E-state index in [4.69, 9.17) is 14.2 Å². The molecule has 2 aromatic carbocycles. The summed E-state index contributed by atoms with van der Waals surface area (Å²) >= 11 is 0. The highest BCUT2D eigenvalue weighted by Crippen LogP contribution is 2.50. The third kappa shape index (κ3) is 4.69. The van der Waals surface area contributed by atoms with Crippen molar-refractivity contribution in [1.82, 2.24) is 9.80 Å². The van der Waals surface area contributed by atoms with Crippen LogP contribution in [-0.4, -0.2) is 46.8 Å². The van der Waals surface area contributed by atoms with Crippen LogP contribution in [0.1, 0.15) is 50.3 Å². The van der Waals surface area contributed by atoms with E-state index in [0.29, 0.717) is 19.7 Å². The Morgan fingerprint density at radius 2 is 1.68 bits per heavy atom. The minimum atomic E-state index is -0.518. The Balaban J connectivity index is 1.09. The molecule has 1 spiro atoms. The van der Waals surface area contributed by atoms with Crippen LogP contribution in [0, 0.1) is 5.41 Å². The minimum Gasteiger partial charge on any atom is -0.490 e. The predicted octanol–water partition coefficient (Wildman–Crippen LogP) is 5.12. The molecule has 3 aliphatic rings. The van der Waals surface area contributed by atoms with Gasteiger partial charge in [-0.05, 0) is 50.8 Å². The number of likely N-dealkylation sites (tertiary alicyclic amines) is 1. The van der Waals surface area contributed by atoms with E-state index in [1.54, 1.807) is 9.80 Å². The normalized spacial score (nSPS) is 18.7. The number of rotatable bonds is 4. The fourth-order valence-corrected chi connectivity index (χ4v) is 5.09. The van der Waals surface area contributed by atoms with E-state index in [2.05, 4.69) is 0 Å². The number of nitrogens with zero attached hydrogens (tertiary/aromatic N) is 2. The zero-order chi connectivity index (χ0) is 23.9. The van der Waals surface area contributed by atoms with Gasteiger partial charge >= 0.3 is 12.2 Å². The lowest BCUT2D eigenvalue weighted by Gasteiger charge is -2.57. The first-order chi connectivity index (χ1) is 16.2. The topological polar surface area (TPSA) is 68.3 Å². The summed E-state index contributed by atoms with van der Waals surface area (Å²) in [5, 5.41) is 0. The van der Waals surface area contributed by atoms with E-state index < -0.39 is 5.60 Å². The number of carbonyl (C=O) groups excluding carboxylic acids is 2. The molecule has 0 N–H and O–H groups in total. The smallest absolute Gasteiger partial charge is 0.410 e. The first kappa shape index (κ1) is 22.6. The van der Waals surface area contributed by atoms with Crippen molar-refractivity contribution in [2.24, 2.45) is 5.41 Å². The second-order valence-corrected chi connectivity index (χ2v) is 10.8. The van der Waals surface area contributed by atoms with Crippen LogP contribution in [0.4, 0.5) is 9.59 Å². The van der Waals surface area contributed by atoms with Crippen LogP contribution < -0.4 is 4.74 Å². The van der Waals surface area contributed by atoms with Crippen molar-refractivity contribution in [3.8, 4) is 5.75 Å². The lowest BCUT2D eigenvalue weighted by Crippen LogP contribution is -2.65. The van der Waals surface area contributed by atoms with Gasteiger partial charge in [-0.3, -0.25) is 4.90 Å². The van der Waals surface area contributed by atoms with Gasteiger partial charge in [0.2, 0.25) is 0 Å². The number of hydrogen-bond donors (Lipinski definition) is 0. The number of benzene rings is 2. The fourth-order valence-electron chi connectivity index (χ4n) is 5.09. The number of hydrogen-bond acceptors (Lipinski definition) is 5. The molecule has 0 radical (unpaired) electrons. The van der Waals surface area contributed by atoms with Crippen molar-refractivity contribution in [2.75, 3.05) is 13.1 Å². The Hall–Kier alpha value is -3.22. The first-order valence-electron chi connectivity index (χ1n) is 11.9. The zero-order valence-electron chi connectivity index (χ0n) is 20.1. The van der Waals surface area contributed by atoms with Gasteiger partial charge < -0.3 is 19.1 Å². The van der Waals surface area contributed by atoms with Gasteiger partial charge in [0.05, 0.1) is 6.54 Å². The van der Waals surface area contributed by atoms with Crippen LogP contribution >= 0.6 is 0 Å². The molecule has 2 aliphatic heterocycles. The minimum absolute atomic E-state index is 0.129.